The zero-order chi connectivity index (χ0) is 11.9. The number of para-hydroxylation sites is 1. The van der Waals surface area contributed by atoms with Gasteiger partial charge in [0, 0.05) is 5.39 Å². The molecule has 0 amide bonds. The summed E-state index contributed by atoms with van der Waals surface area (Å²) in [5.74, 6) is 0.00188. The molecule has 0 fully saturated rings. The van der Waals surface area contributed by atoms with Gasteiger partial charge in [0.15, 0.2) is 11.4 Å². The molecule has 0 radical (unpaired) electrons. The maximum Gasteiger partial charge on any atom is 0.170 e. The van der Waals surface area contributed by atoms with Crippen LogP contribution in [0.1, 0.15) is 26.5 Å². The third kappa shape index (κ3) is 1.61. The quantitative estimate of drug-likeness (QED) is 0.844. The number of halogens is 1. The predicted octanol–water partition coefficient (Wildman–Crippen LogP) is 3.44. The van der Waals surface area contributed by atoms with Crippen molar-refractivity contribution in [3.63, 3.8) is 0 Å². The Morgan fingerprint density at radius 2 is 2.06 bits per heavy atom. The maximum atomic E-state index is 13.4. The molecule has 1 aromatic heterocycles. The highest BCUT2D eigenvalue weighted by Crippen LogP contribution is 2.33. The first-order valence-electron chi connectivity index (χ1n) is 5.34. The Morgan fingerprint density at radius 1 is 1.38 bits per heavy atom. The van der Waals surface area contributed by atoms with Crippen LogP contribution >= 0.6 is 0 Å². The molecule has 86 valence electrons. The van der Waals surface area contributed by atoms with Crippen molar-refractivity contribution in [3.05, 3.63) is 35.8 Å². The van der Waals surface area contributed by atoms with E-state index in [-0.39, 0.29) is 11.5 Å². The van der Waals surface area contributed by atoms with Crippen LogP contribution < -0.4 is 0 Å². The van der Waals surface area contributed by atoms with Crippen LogP contribution in [-0.2, 0) is 5.60 Å². The topological polar surface area (TPSA) is 33.4 Å². The van der Waals surface area contributed by atoms with Crippen LogP contribution in [0.3, 0.4) is 0 Å². The van der Waals surface area contributed by atoms with Gasteiger partial charge in [0.2, 0.25) is 0 Å². The minimum absolute atomic E-state index is 0.00359. The van der Waals surface area contributed by atoms with Crippen LogP contribution in [0.4, 0.5) is 4.39 Å². The summed E-state index contributed by atoms with van der Waals surface area (Å²) >= 11 is 0. The predicted molar refractivity (Wildman–Crippen MR) is 60.6 cm³/mol. The Kier molecular flexibility index (Phi) is 2.50. The van der Waals surface area contributed by atoms with E-state index in [0.717, 1.165) is 0 Å². The fraction of sp³-hybridized carbons (Fsp3) is 0.385. The second-order valence-electron chi connectivity index (χ2n) is 4.57. The largest absolute Gasteiger partial charge is 0.455 e. The highest BCUT2D eigenvalue weighted by molar-refractivity contribution is 5.78. The minimum atomic E-state index is -1.08. The van der Waals surface area contributed by atoms with Gasteiger partial charge in [0.05, 0.1) is 0 Å². The molecule has 1 N–H and O–H groups in total. The molecule has 2 nitrogen and oxygen atoms in total. The summed E-state index contributed by atoms with van der Waals surface area (Å²) in [6, 6.07) is 6.43. The first kappa shape index (κ1) is 11.1. The van der Waals surface area contributed by atoms with Crippen LogP contribution in [0.15, 0.2) is 28.7 Å². The minimum Gasteiger partial charge on any atom is -0.455 e. The Labute approximate surface area is 93.7 Å². The van der Waals surface area contributed by atoms with E-state index >= 15 is 0 Å². The van der Waals surface area contributed by atoms with E-state index in [9.17, 15) is 9.50 Å². The summed E-state index contributed by atoms with van der Waals surface area (Å²) < 4.78 is 18.8. The molecular formula is C13H15FO2. The van der Waals surface area contributed by atoms with Crippen molar-refractivity contribution in [1.82, 2.24) is 0 Å². The molecule has 1 aromatic carbocycles. The summed E-state index contributed by atoms with van der Waals surface area (Å²) in [4.78, 5) is 0. The van der Waals surface area contributed by atoms with Gasteiger partial charge in [-0.15, -0.1) is 0 Å². The molecule has 0 bridgehead atoms. The van der Waals surface area contributed by atoms with E-state index in [4.69, 9.17) is 4.42 Å². The smallest absolute Gasteiger partial charge is 0.170 e. The molecule has 0 spiro atoms. The Morgan fingerprint density at radius 3 is 2.62 bits per heavy atom. The normalized spacial score (nSPS) is 15.6. The van der Waals surface area contributed by atoms with E-state index in [2.05, 4.69) is 0 Å². The highest BCUT2D eigenvalue weighted by Gasteiger charge is 2.31. The van der Waals surface area contributed by atoms with E-state index in [0.29, 0.717) is 11.1 Å². The van der Waals surface area contributed by atoms with Gasteiger partial charge in [-0.05, 0) is 25.0 Å². The molecule has 0 aliphatic heterocycles. The lowest BCUT2D eigenvalue weighted by atomic mass is 9.90. The second-order valence-corrected chi connectivity index (χ2v) is 4.57. The average molecular weight is 222 g/mol. The van der Waals surface area contributed by atoms with E-state index in [1.165, 1.54) is 6.07 Å². The van der Waals surface area contributed by atoms with Gasteiger partial charge in [-0.2, -0.15) is 0 Å². The van der Waals surface area contributed by atoms with Crippen molar-refractivity contribution in [1.29, 1.82) is 0 Å². The molecule has 16 heavy (non-hydrogen) atoms. The zero-order valence-electron chi connectivity index (χ0n) is 9.62. The lowest BCUT2D eigenvalue weighted by molar-refractivity contribution is -0.00992. The van der Waals surface area contributed by atoms with Crippen molar-refractivity contribution in [2.24, 2.45) is 5.92 Å². The second kappa shape index (κ2) is 3.59. The SMILES string of the molecule is CC(C)C(C)(O)c1cc2cccc(F)c2o1. The fourth-order valence-corrected chi connectivity index (χ4v) is 1.56. The van der Waals surface area contributed by atoms with Crippen LogP contribution in [0, 0.1) is 11.7 Å². The van der Waals surface area contributed by atoms with Gasteiger partial charge in [-0.25, -0.2) is 4.39 Å². The van der Waals surface area contributed by atoms with Crippen molar-refractivity contribution in [2.45, 2.75) is 26.4 Å². The van der Waals surface area contributed by atoms with Gasteiger partial charge in [-0.1, -0.05) is 26.0 Å². The number of hydrogen-bond acceptors (Lipinski definition) is 2. The molecule has 0 saturated carbocycles. The lowest BCUT2D eigenvalue weighted by Crippen LogP contribution is -2.27. The molecule has 2 aromatic rings. The van der Waals surface area contributed by atoms with Crippen molar-refractivity contribution < 1.29 is 13.9 Å². The van der Waals surface area contributed by atoms with Gasteiger partial charge in [0.25, 0.3) is 0 Å². The molecular weight excluding hydrogens is 207 g/mol. The van der Waals surface area contributed by atoms with Crippen molar-refractivity contribution in [2.75, 3.05) is 0 Å². The van der Waals surface area contributed by atoms with Gasteiger partial charge < -0.3 is 9.52 Å². The molecule has 1 unspecified atom stereocenters. The Balaban J connectivity index is 2.60. The number of fused-ring (bicyclic) bond motifs is 1. The molecule has 2 rings (SSSR count). The van der Waals surface area contributed by atoms with Crippen molar-refractivity contribution >= 4 is 11.0 Å². The standard InChI is InChI=1S/C13H15FO2/c1-8(2)13(3,15)11-7-9-5-4-6-10(14)12(9)16-11/h4-8,15H,1-3H3. The zero-order valence-corrected chi connectivity index (χ0v) is 9.62. The summed E-state index contributed by atoms with van der Waals surface area (Å²) in [5.41, 5.74) is -0.871. The first-order chi connectivity index (χ1) is 7.43. The number of benzene rings is 1. The van der Waals surface area contributed by atoms with Gasteiger partial charge >= 0.3 is 0 Å². The Hall–Kier alpha value is -1.35. The van der Waals surface area contributed by atoms with Crippen LogP contribution in [0.2, 0.25) is 0 Å². The number of rotatable bonds is 2. The van der Waals surface area contributed by atoms with Crippen LogP contribution in [0.5, 0.6) is 0 Å². The lowest BCUT2D eigenvalue weighted by Gasteiger charge is -2.24. The summed E-state index contributed by atoms with van der Waals surface area (Å²) in [6.07, 6.45) is 0. The van der Waals surface area contributed by atoms with E-state index < -0.39 is 11.4 Å². The molecule has 0 aliphatic rings. The fourth-order valence-electron chi connectivity index (χ4n) is 1.56. The summed E-state index contributed by atoms with van der Waals surface area (Å²) in [7, 11) is 0. The number of aliphatic hydroxyl groups is 1. The number of hydrogen-bond donors (Lipinski definition) is 1. The van der Waals surface area contributed by atoms with Gasteiger partial charge in [-0.3, -0.25) is 0 Å². The van der Waals surface area contributed by atoms with Gasteiger partial charge in [0.1, 0.15) is 11.4 Å². The highest BCUT2D eigenvalue weighted by atomic mass is 19.1. The summed E-state index contributed by atoms with van der Waals surface area (Å²) in [5, 5.41) is 10.9. The third-order valence-electron chi connectivity index (χ3n) is 3.12. The Bertz CT molecular complexity index is 512. The summed E-state index contributed by atoms with van der Waals surface area (Å²) in [6.45, 7) is 5.46. The van der Waals surface area contributed by atoms with E-state index in [1.54, 1.807) is 25.1 Å². The maximum absolute atomic E-state index is 13.4. The number of furan rings is 1. The third-order valence-corrected chi connectivity index (χ3v) is 3.12. The molecule has 0 saturated heterocycles. The van der Waals surface area contributed by atoms with Crippen LogP contribution in [-0.4, -0.2) is 5.11 Å². The van der Waals surface area contributed by atoms with Crippen LogP contribution in [0.25, 0.3) is 11.0 Å². The monoisotopic (exact) mass is 222 g/mol. The van der Waals surface area contributed by atoms with E-state index in [1.807, 2.05) is 13.8 Å². The average Bonchev–Trinajstić information content (AvgIpc) is 2.63. The molecule has 1 atom stereocenters. The first-order valence-corrected chi connectivity index (χ1v) is 5.34. The molecule has 0 aliphatic carbocycles. The molecule has 1 heterocycles. The van der Waals surface area contributed by atoms with Crippen molar-refractivity contribution in [3.8, 4) is 0 Å². The molecule has 3 heteroatoms.